The average Bonchev–Trinajstić information content (AvgIpc) is 3.01. The number of nitrogens with one attached hydrogen (secondary N) is 1. The number of nitrogens with zero attached hydrogens (tertiary/aromatic N) is 1. The average molecular weight is 340 g/mol. The van der Waals surface area contributed by atoms with Crippen molar-refractivity contribution < 1.29 is 9.59 Å². The van der Waals surface area contributed by atoms with Crippen LogP contribution < -0.4 is 5.32 Å². The first-order chi connectivity index (χ1) is 12.1. The standard InChI is InChI=1S/C21H28N2O2/c1-16-7-9-18(10-8-16)14-22-21(25)19-13-20(24)23(15-19)12-11-17-5-3-2-4-6-17/h5,7-10,19H,2-4,6,11-15H2,1H3,(H,22,25). The number of allylic oxidation sites excluding steroid dienone is 1. The minimum atomic E-state index is -0.210. The number of carbonyl (C=O) groups is 2. The normalized spacial score (nSPS) is 20.5. The molecule has 1 aromatic carbocycles. The van der Waals surface area contributed by atoms with Gasteiger partial charge in [-0.2, -0.15) is 0 Å². The molecular weight excluding hydrogens is 312 g/mol. The second-order valence-electron chi connectivity index (χ2n) is 7.30. The predicted octanol–water partition coefficient (Wildman–Crippen LogP) is 3.35. The van der Waals surface area contributed by atoms with Gasteiger partial charge in [0.2, 0.25) is 11.8 Å². The Morgan fingerprint density at radius 3 is 2.76 bits per heavy atom. The zero-order chi connectivity index (χ0) is 17.6. The molecule has 4 nitrogen and oxygen atoms in total. The quantitative estimate of drug-likeness (QED) is 0.808. The van der Waals surface area contributed by atoms with Crippen molar-refractivity contribution in [1.82, 2.24) is 10.2 Å². The Hall–Kier alpha value is -2.10. The van der Waals surface area contributed by atoms with Crippen LogP contribution in [0.4, 0.5) is 0 Å². The molecule has 25 heavy (non-hydrogen) atoms. The van der Waals surface area contributed by atoms with Crippen LogP contribution in [0.15, 0.2) is 35.9 Å². The van der Waals surface area contributed by atoms with Crippen LogP contribution in [-0.4, -0.2) is 29.8 Å². The fourth-order valence-corrected chi connectivity index (χ4v) is 3.61. The van der Waals surface area contributed by atoms with Crippen molar-refractivity contribution >= 4 is 11.8 Å². The summed E-state index contributed by atoms with van der Waals surface area (Å²) in [5.41, 5.74) is 3.77. The fraction of sp³-hybridized carbons (Fsp3) is 0.524. The van der Waals surface area contributed by atoms with Crippen LogP contribution in [0.2, 0.25) is 0 Å². The molecule has 1 heterocycles. The van der Waals surface area contributed by atoms with Crippen LogP contribution in [0.5, 0.6) is 0 Å². The zero-order valence-electron chi connectivity index (χ0n) is 15.1. The molecule has 1 fully saturated rings. The van der Waals surface area contributed by atoms with Crippen molar-refractivity contribution in [1.29, 1.82) is 0 Å². The molecule has 0 radical (unpaired) electrons. The monoisotopic (exact) mass is 340 g/mol. The van der Waals surface area contributed by atoms with E-state index in [2.05, 4.69) is 11.4 Å². The molecule has 1 aromatic rings. The minimum absolute atomic E-state index is 0.00620. The second kappa shape index (κ2) is 8.32. The van der Waals surface area contributed by atoms with Gasteiger partial charge < -0.3 is 10.2 Å². The van der Waals surface area contributed by atoms with Crippen LogP contribution >= 0.6 is 0 Å². The lowest BCUT2D eigenvalue weighted by atomic mass is 9.97. The molecule has 2 amide bonds. The summed E-state index contributed by atoms with van der Waals surface area (Å²) in [6.45, 7) is 3.89. The number of hydrogen-bond acceptors (Lipinski definition) is 2. The van der Waals surface area contributed by atoms with Gasteiger partial charge in [-0.05, 0) is 44.6 Å². The summed E-state index contributed by atoms with van der Waals surface area (Å²) >= 11 is 0. The van der Waals surface area contributed by atoms with Gasteiger partial charge >= 0.3 is 0 Å². The first-order valence-electron chi connectivity index (χ1n) is 9.41. The third-order valence-electron chi connectivity index (χ3n) is 5.26. The molecule has 0 saturated carbocycles. The molecule has 134 valence electrons. The molecule has 1 N–H and O–H groups in total. The number of hydrogen-bond donors (Lipinski definition) is 1. The lowest BCUT2D eigenvalue weighted by Gasteiger charge is -2.19. The summed E-state index contributed by atoms with van der Waals surface area (Å²) in [7, 11) is 0. The van der Waals surface area contributed by atoms with Crippen LogP contribution in [0.25, 0.3) is 0 Å². The van der Waals surface area contributed by atoms with E-state index in [1.165, 1.54) is 36.8 Å². The Balaban J connectivity index is 1.45. The van der Waals surface area contributed by atoms with Gasteiger partial charge in [0.05, 0.1) is 5.92 Å². The molecule has 1 atom stereocenters. The third kappa shape index (κ3) is 4.94. The maximum atomic E-state index is 12.4. The maximum absolute atomic E-state index is 12.4. The molecule has 0 spiro atoms. The van der Waals surface area contributed by atoms with E-state index in [1.54, 1.807) is 0 Å². The number of aryl methyl sites for hydroxylation is 1. The van der Waals surface area contributed by atoms with Gasteiger partial charge in [0.1, 0.15) is 0 Å². The summed E-state index contributed by atoms with van der Waals surface area (Å²) in [5.74, 6) is -0.0986. The van der Waals surface area contributed by atoms with Gasteiger partial charge in [0.25, 0.3) is 0 Å². The van der Waals surface area contributed by atoms with E-state index in [4.69, 9.17) is 0 Å². The molecule has 3 rings (SSSR count). The van der Waals surface area contributed by atoms with E-state index in [0.29, 0.717) is 19.5 Å². The first kappa shape index (κ1) is 17.7. The number of benzene rings is 1. The van der Waals surface area contributed by atoms with Crippen molar-refractivity contribution in [3.63, 3.8) is 0 Å². The van der Waals surface area contributed by atoms with Gasteiger partial charge in [0.15, 0.2) is 0 Å². The van der Waals surface area contributed by atoms with E-state index in [-0.39, 0.29) is 17.7 Å². The second-order valence-corrected chi connectivity index (χ2v) is 7.30. The van der Waals surface area contributed by atoms with Crippen molar-refractivity contribution in [2.45, 2.75) is 52.0 Å². The van der Waals surface area contributed by atoms with Gasteiger partial charge in [-0.15, -0.1) is 0 Å². The van der Waals surface area contributed by atoms with Gasteiger partial charge in [-0.1, -0.05) is 41.5 Å². The summed E-state index contributed by atoms with van der Waals surface area (Å²) in [6, 6.07) is 8.14. The van der Waals surface area contributed by atoms with Crippen molar-refractivity contribution in [3.05, 3.63) is 47.0 Å². The lowest BCUT2D eigenvalue weighted by Crippen LogP contribution is -2.33. The van der Waals surface area contributed by atoms with Gasteiger partial charge in [0, 0.05) is 26.1 Å². The van der Waals surface area contributed by atoms with E-state index in [9.17, 15) is 9.59 Å². The van der Waals surface area contributed by atoms with E-state index < -0.39 is 0 Å². The van der Waals surface area contributed by atoms with Crippen molar-refractivity contribution in [2.24, 2.45) is 5.92 Å². The highest BCUT2D eigenvalue weighted by Crippen LogP contribution is 2.23. The molecule has 1 aliphatic heterocycles. The molecule has 1 saturated heterocycles. The maximum Gasteiger partial charge on any atom is 0.225 e. The van der Waals surface area contributed by atoms with Crippen molar-refractivity contribution in [3.8, 4) is 0 Å². The van der Waals surface area contributed by atoms with Crippen LogP contribution in [0.1, 0.15) is 49.7 Å². The van der Waals surface area contributed by atoms with Gasteiger partial charge in [-0.3, -0.25) is 9.59 Å². The topological polar surface area (TPSA) is 49.4 Å². The number of likely N-dealkylation sites (tertiary alicyclic amines) is 1. The Bertz CT molecular complexity index is 648. The largest absolute Gasteiger partial charge is 0.352 e. The van der Waals surface area contributed by atoms with Gasteiger partial charge in [-0.25, -0.2) is 0 Å². The first-order valence-corrected chi connectivity index (χ1v) is 9.41. The van der Waals surface area contributed by atoms with E-state index in [0.717, 1.165) is 18.5 Å². The Labute approximate surface area is 150 Å². The van der Waals surface area contributed by atoms with E-state index in [1.807, 2.05) is 36.1 Å². The number of rotatable bonds is 6. The Morgan fingerprint density at radius 2 is 2.04 bits per heavy atom. The number of carbonyl (C=O) groups excluding carboxylic acids is 2. The summed E-state index contributed by atoms with van der Waals surface area (Å²) < 4.78 is 0. The van der Waals surface area contributed by atoms with Crippen LogP contribution in [0.3, 0.4) is 0 Å². The fourth-order valence-electron chi connectivity index (χ4n) is 3.61. The summed E-state index contributed by atoms with van der Waals surface area (Å²) in [5, 5.41) is 2.98. The van der Waals surface area contributed by atoms with E-state index >= 15 is 0 Å². The molecule has 2 aliphatic rings. The predicted molar refractivity (Wildman–Crippen MR) is 98.9 cm³/mol. The van der Waals surface area contributed by atoms with Crippen molar-refractivity contribution in [2.75, 3.05) is 13.1 Å². The summed E-state index contributed by atoms with van der Waals surface area (Å²) in [4.78, 5) is 26.4. The SMILES string of the molecule is Cc1ccc(CNC(=O)C2CC(=O)N(CCC3=CCCCC3)C2)cc1. The Morgan fingerprint density at radius 1 is 1.24 bits per heavy atom. The summed E-state index contributed by atoms with van der Waals surface area (Å²) in [6.07, 6.45) is 8.53. The lowest BCUT2D eigenvalue weighted by molar-refractivity contribution is -0.129. The smallest absolute Gasteiger partial charge is 0.225 e. The highest BCUT2D eigenvalue weighted by molar-refractivity contribution is 5.89. The highest BCUT2D eigenvalue weighted by atomic mass is 16.2. The molecule has 1 aliphatic carbocycles. The minimum Gasteiger partial charge on any atom is -0.352 e. The third-order valence-corrected chi connectivity index (χ3v) is 5.26. The molecular formula is C21H28N2O2. The molecule has 0 bridgehead atoms. The molecule has 0 aromatic heterocycles. The zero-order valence-corrected chi connectivity index (χ0v) is 15.1. The molecule has 4 heteroatoms. The van der Waals surface area contributed by atoms with Crippen LogP contribution in [-0.2, 0) is 16.1 Å². The highest BCUT2D eigenvalue weighted by Gasteiger charge is 2.33. The number of amides is 2. The van der Waals surface area contributed by atoms with Crippen LogP contribution in [0, 0.1) is 12.8 Å². The molecule has 1 unspecified atom stereocenters. The Kier molecular flexibility index (Phi) is 5.90.